The van der Waals surface area contributed by atoms with E-state index in [0.717, 1.165) is 17.7 Å². The third-order valence-electron chi connectivity index (χ3n) is 4.21. The molecule has 0 radical (unpaired) electrons. The molecule has 0 saturated heterocycles. The second kappa shape index (κ2) is 4.47. The van der Waals surface area contributed by atoms with E-state index in [2.05, 4.69) is 11.0 Å². The molecule has 3 N–H and O–H groups in total. The number of hydrogen-bond donors (Lipinski definition) is 2. The lowest BCUT2D eigenvalue weighted by atomic mass is 9.75. The molecule has 3 rings (SSSR count). The van der Waals surface area contributed by atoms with Crippen molar-refractivity contribution >= 4 is 11.5 Å². The van der Waals surface area contributed by atoms with Gasteiger partial charge in [-0.3, -0.25) is 9.69 Å². The topological polar surface area (TPSA) is 66.6 Å². The highest BCUT2D eigenvalue weighted by Crippen LogP contribution is 2.40. The molecule has 0 aromatic heterocycles. The maximum Gasteiger partial charge on any atom is 0.166 e. The van der Waals surface area contributed by atoms with Gasteiger partial charge in [-0.2, -0.15) is 0 Å². The minimum absolute atomic E-state index is 0.0686. The van der Waals surface area contributed by atoms with Gasteiger partial charge in [0, 0.05) is 36.2 Å². The number of aliphatic hydroxyl groups excluding tert-OH is 1. The van der Waals surface area contributed by atoms with Crippen LogP contribution in [0.15, 0.2) is 29.8 Å². The van der Waals surface area contributed by atoms with Gasteiger partial charge in [-0.1, -0.05) is 18.2 Å². The van der Waals surface area contributed by atoms with Crippen LogP contribution in [0.1, 0.15) is 28.3 Å². The predicted octanol–water partition coefficient (Wildman–Crippen LogP) is 1.17. The maximum absolute atomic E-state index is 12.3. The van der Waals surface area contributed by atoms with Crippen LogP contribution < -0.4 is 5.73 Å². The lowest BCUT2D eigenvalue weighted by Gasteiger charge is -2.41. The number of Topliss-reactive ketones (excluding diaryl/α,β-unsaturated/α-hetero) is 1. The number of aliphatic hydroxyl groups is 1. The summed E-state index contributed by atoms with van der Waals surface area (Å²) in [4.78, 5) is 14.4. The standard InChI is InChI=1S/C15H18N2O2/c1-17-7-9(8-18)5-11-10-3-2-4-12(16)15(10)14(19)6-13(11)17/h2-5,11,13,18H,6-8,16H2,1H3. The Bertz CT molecular complexity index is 565. The van der Waals surface area contributed by atoms with Crippen LogP contribution in [0.2, 0.25) is 0 Å². The molecule has 1 aliphatic carbocycles. The van der Waals surface area contributed by atoms with Gasteiger partial charge in [0.05, 0.1) is 6.61 Å². The molecule has 0 spiro atoms. The van der Waals surface area contributed by atoms with Gasteiger partial charge in [-0.05, 0) is 24.3 Å². The van der Waals surface area contributed by atoms with Gasteiger partial charge in [0.15, 0.2) is 5.78 Å². The van der Waals surface area contributed by atoms with E-state index in [4.69, 9.17) is 5.73 Å². The quantitative estimate of drug-likeness (QED) is 0.586. The molecule has 4 heteroatoms. The fourth-order valence-corrected chi connectivity index (χ4v) is 3.29. The fraction of sp³-hybridized carbons (Fsp3) is 0.400. The lowest BCUT2D eigenvalue weighted by Crippen LogP contribution is -2.45. The third kappa shape index (κ3) is 1.88. The summed E-state index contributed by atoms with van der Waals surface area (Å²) in [5.74, 6) is 0.277. The van der Waals surface area contributed by atoms with E-state index < -0.39 is 0 Å². The fourth-order valence-electron chi connectivity index (χ4n) is 3.29. The number of fused-ring (bicyclic) bond motifs is 3. The molecule has 1 aliphatic heterocycles. The number of ketones is 1. The molecule has 0 bridgehead atoms. The van der Waals surface area contributed by atoms with Crippen LogP contribution in [-0.4, -0.2) is 42.0 Å². The van der Waals surface area contributed by atoms with Crippen molar-refractivity contribution in [2.45, 2.75) is 18.4 Å². The average molecular weight is 258 g/mol. The summed E-state index contributed by atoms with van der Waals surface area (Å²) < 4.78 is 0. The monoisotopic (exact) mass is 258 g/mol. The first-order valence-electron chi connectivity index (χ1n) is 6.54. The molecule has 4 nitrogen and oxygen atoms in total. The van der Waals surface area contributed by atoms with E-state index in [1.165, 1.54) is 0 Å². The first-order valence-corrected chi connectivity index (χ1v) is 6.54. The Morgan fingerprint density at radius 2 is 2.26 bits per heavy atom. The third-order valence-corrected chi connectivity index (χ3v) is 4.21. The van der Waals surface area contributed by atoms with Gasteiger partial charge in [0.25, 0.3) is 0 Å². The van der Waals surface area contributed by atoms with Crippen molar-refractivity contribution in [3.63, 3.8) is 0 Å². The number of hydrogen-bond acceptors (Lipinski definition) is 4. The van der Waals surface area contributed by atoms with E-state index >= 15 is 0 Å². The van der Waals surface area contributed by atoms with Crippen molar-refractivity contribution in [2.75, 3.05) is 25.9 Å². The van der Waals surface area contributed by atoms with Gasteiger partial charge in [-0.15, -0.1) is 0 Å². The molecule has 0 fully saturated rings. The molecule has 0 saturated carbocycles. The van der Waals surface area contributed by atoms with Crippen LogP contribution in [0.3, 0.4) is 0 Å². The Labute approximate surface area is 112 Å². The van der Waals surface area contributed by atoms with Crippen molar-refractivity contribution < 1.29 is 9.90 Å². The maximum atomic E-state index is 12.3. The van der Waals surface area contributed by atoms with E-state index in [9.17, 15) is 9.90 Å². The summed E-state index contributed by atoms with van der Waals surface area (Å²) >= 11 is 0. The minimum Gasteiger partial charge on any atom is -0.398 e. The Kier molecular flexibility index (Phi) is 2.92. The van der Waals surface area contributed by atoms with E-state index in [0.29, 0.717) is 17.7 Å². The van der Waals surface area contributed by atoms with Crippen LogP contribution in [-0.2, 0) is 0 Å². The molecule has 2 aliphatic rings. The summed E-state index contributed by atoms with van der Waals surface area (Å²) in [7, 11) is 2.00. The van der Waals surface area contributed by atoms with Crippen molar-refractivity contribution in [1.29, 1.82) is 0 Å². The summed E-state index contributed by atoms with van der Waals surface area (Å²) in [5, 5.41) is 9.37. The summed E-state index contributed by atoms with van der Waals surface area (Å²) in [6.07, 6.45) is 2.60. The van der Waals surface area contributed by atoms with Crippen LogP contribution in [0, 0.1) is 0 Å². The molecule has 1 aromatic carbocycles. The number of nitrogens with zero attached hydrogens (tertiary/aromatic N) is 1. The normalized spacial score (nSPS) is 26.6. The zero-order valence-electron chi connectivity index (χ0n) is 11.0. The van der Waals surface area contributed by atoms with Crippen molar-refractivity contribution in [3.8, 4) is 0 Å². The summed E-state index contributed by atoms with van der Waals surface area (Å²) in [6.45, 7) is 0.793. The predicted molar refractivity (Wildman–Crippen MR) is 74.1 cm³/mol. The second-order valence-electron chi connectivity index (χ2n) is 5.43. The van der Waals surface area contributed by atoms with Gasteiger partial charge in [0.2, 0.25) is 0 Å². The number of benzene rings is 1. The highest BCUT2D eigenvalue weighted by Gasteiger charge is 2.38. The Hall–Kier alpha value is -1.65. The molecule has 100 valence electrons. The van der Waals surface area contributed by atoms with Crippen molar-refractivity contribution in [1.82, 2.24) is 4.90 Å². The SMILES string of the molecule is CN1CC(CO)=CC2c3cccc(N)c3C(=O)CC21. The van der Waals surface area contributed by atoms with E-state index in [1.54, 1.807) is 6.07 Å². The summed E-state index contributed by atoms with van der Waals surface area (Å²) in [6, 6.07) is 5.83. The number of likely N-dealkylation sites (N-methyl/N-ethyl adjacent to an activating group) is 1. The summed E-state index contributed by atoms with van der Waals surface area (Å²) in [5.41, 5.74) is 9.19. The zero-order valence-corrected chi connectivity index (χ0v) is 11.0. The highest BCUT2D eigenvalue weighted by molar-refractivity contribution is 6.04. The number of anilines is 1. The van der Waals surface area contributed by atoms with Crippen molar-refractivity contribution in [2.24, 2.45) is 0 Å². The van der Waals surface area contributed by atoms with E-state index in [1.807, 2.05) is 19.2 Å². The Morgan fingerprint density at radius 3 is 3.00 bits per heavy atom. The molecular formula is C15H18N2O2. The van der Waals surface area contributed by atoms with Crippen LogP contribution in [0.5, 0.6) is 0 Å². The average Bonchev–Trinajstić information content (AvgIpc) is 2.39. The van der Waals surface area contributed by atoms with E-state index in [-0.39, 0.29) is 24.3 Å². The van der Waals surface area contributed by atoms with Gasteiger partial charge in [-0.25, -0.2) is 0 Å². The first kappa shape index (κ1) is 12.4. The highest BCUT2D eigenvalue weighted by atomic mass is 16.3. The number of rotatable bonds is 1. The molecule has 2 atom stereocenters. The molecule has 1 aromatic rings. The van der Waals surface area contributed by atoms with Crippen molar-refractivity contribution in [3.05, 3.63) is 41.0 Å². The Morgan fingerprint density at radius 1 is 1.47 bits per heavy atom. The lowest BCUT2D eigenvalue weighted by molar-refractivity contribution is 0.0900. The zero-order chi connectivity index (χ0) is 13.6. The smallest absolute Gasteiger partial charge is 0.166 e. The second-order valence-corrected chi connectivity index (χ2v) is 5.43. The van der Waals surface area contributed by atoms with Crippen LogP contribution in [0.25, 0.3) is 0 Å². The largest absolute Gasteiger partial charge is 0.398 e. The number of carbonyl (C=O) groups is 1. The van der Waals surface area contributed by atoms with Gasteiger partial charge < -0.3 is 10.8 Å². The molecule has 2 unspecified atom stereocenters. The molecular weight excluding hydrogens is 240 g/mol. The minimum atomic E-state index is 0.0686. The number of nitrogen functional groups attached to an aromatic ring is 1. The molecule has 0 amide bonds. The number of carbonyl (C=O) groups excluding carboxylic acids is 1. The first-order chi connectivity index (χ1) is 9.11. The number of nitrogens with two attached hydrogens (primary N) is 1. The van der Waals surface area contributed by atoms with Crippen LogP contribution in [0.4, 0.5) is 5.69 Å². The Balaban J connectivity index is 2.15. The molecule has 1 heterocycles. The molecule has 19 heavy (non-hydrogen) atoms. The van der Waals surface area contributed by atoms with Gasteiger partial charge in [0.1, 0.15) is 0 Å². The van der Waals surface area contributed by atoms with Gasteiger partial charge >= 0.3 is 0 Å². The van der Waals surface area contributed by atoms with Crippen LogP contribution >= 0.6 is 0 Å².